The molecule has 2 rings (SSSR count). The maximum atomic E-state index is 12.3. The van der Waals surface area contributed by atoms with Gasteiger partial charge < -0.3 is 0 Å². The van der Waals surface area contributed by atoms with Gasteiger partial charge in [-0.3, -0.25) is 9.52 Å². The second-order valence-corrected chi connectivity index (χ2v) is 6.98. The molecule has 1 N–H and O–H groups in total. The Hall–Kier alpha value is -2.47. The molecule has 1 aromatic heterocycles. The van der Waals surface area contributed by atoms with Gasteiger partial charge in [0.05, 0.1) is 4.90 Å². The van der Waals surface area contributed by atoms with Crippen LogP contribution in [0.1, 0.15) is 18.2 Å². The normalized spacial score (nSPS) is 11.0. The lowest BCUT2D eigenvalue weighted by Gasteiger charge is -2.08. The second-order valence-electron chi connectivity index (χ2n) is 5.29. The highest BCUT2D eigenvalue weighted by Gasteiger charge is 2.15. The van der Waals surface area contributed by atoms with Gasteiger partial charge in [-0.2, -0.15) is 0 Å². The number of rotatable bonds is 6. The van der Waals surface area contributed by atoms with Crippen molar-refractivity contribution in [1.29, 1.82) is 0 Å². The lowest BCUT2D eigenvalue weighted by atomic mass is 10.1. The largest absolute Gasteiger partial charge is 0.294 e. The molecular weight excluding hydrogens is 312 g/mol. The molecule has 0 amide bonds. The third-order valence-corrected chi connectivity index (χ3v) is 4.57. The number of Topliss-reactive ketones (excluding diaryl/α,β-unsaturated/α-hetero) is 1. The van der Waals surface area contributed by atoms with Crippen molar-refractivity contribution in [2.45, 2.75) is 25.2 Å². The van der Waals surface area contributed by atoms with Crippen molar-refractivity contribution in [2.24, 2.45) is 0 Å². The van der Waals surface area contributed by atoms with Crippen molar-refractivity contribution in [3.05, 3.63) is 65.9 Å². The molecule has 2 aromatic rings. The zero-order valence-electron chi connectivity index (χ0n) is 13.0. The van der Waals surface area contributed by atoms with E-state index in [-0.39, 0.29) is 22.9 Å². The Morgan fingerprint density at radius 3 is 2.39 bits per heavy atom. The number of allylic oxidation sites excluding steroid dienone is 1. The van der Waals surface area contributed by atoms with Gasteiger partial charge in [-0.1, -0.05) is 24.8 Å². The first-order chi connectivity index (χ1) is 10.8. The summed E-state index contributed by atoms with van der Waals surface area (Å²) in [7, 11) is -3.71. The molecule has 1 heterocycles. The van der Waals surface area contributed by atoms with Crippen LogP contribution in [-0.4, -0.2) is 19.2 Å². The molecule has 0 aliphatic rings. The number of anilines is 1. The van der Waals surface area contributed by atoms with E-state index >= 15 is 0 Å². The van der Waals surface area contributed by atoms with Crippen LogP contribution in [-0.2, 0) is 21.2 Å². The SMILES string of the molecule is C=C(C)C(=O)Cc1ccc(S(=O)(=O)Nc2cccc(C)n2)cc1. The maximum absolute atomic E-state index is 12.3. The van der Waals surface area contributed by atoms with E-state index < -0.39 is 10.0 Å². The van der Waals surface area contributed by atoms with Gasteiger partial charge in [0.1, 0.15) is 5.82 Å². The zero-order valence-corrected chi connectivity index (χ0v) is 13.9. The highest BCUT2D eigenvalue weighted by Crippen LogP contribution is 2.16. The standard InChI is InChI=1S/C17H18N2O3S/c1-12(2)16(20)11-14-7-9-15(10-8-14)23(21,22)19-17-6-4-5-13(3)18-17/h4-10H,1,11H2,2-3H3,(H,18,19). The molecule has 0 atom stereocenters. The van der Waals surface area contributed by atoms with Crippen LogP contribution in [0.25, 0.3) is 0 Å². The van der Waals surface area contributed by atoms with Crippen LogP contribution in [0.4, 0.5) is 5.82 Å². The smallest absolute Gasteiger partial charge is 0.263 e. The number of pyridine rings is 1. The van der Waals surface area contributed by atoms with Gasteiger partial charge in [0.15, 0.2) is 5.78 Å². The number of benzene rings is 1. The van der Waals surface area contributed by atoms with Crippen LogP contribution in [0.2, 0.25) is 0 Å². The number of nitrogens with one attached hydrogen (secondary N) is 1. The fourth-order valence-corrected chi connectivity index (χ4v) is 2.92. The number of hydrogen-bond donors (Lipinski definition) is 1. The zero-order chi connectivity index (χ0) is 17.0. The lowest BCUT2D eigenvalue weighted by molar-refractivity contribution is -0.114. The molecule has 0 saturated heterocycles. The predicted molar refractivity (Wildman–Crippen MR) is 89.7 cm³/mol. The predicted octanol–water partition coefficient (Wildman–Crippen LogP) is 2.88. The first kappa shape index (κ1) is 16.9. The van der Waals surface area contributed by atoms with E-state index in [0.29, 0.717) is 5.57 Å². The number of ketones is 1. The Morgan fingerprint density at radius 1 is 1.17 bits per heavy atom. The number of aromatic nitrogens is 1. The Labute approximate surface area is 136 Å². The van der Waals surface area contributed by atoms with E-state index in [2.05, 4.69) is 16.3 Å². The van der Waals surface area contributed by atoms with Crippen molar-refractivity contribution in [1.82, 2.24) is 4.98 Å². The first-order valence-corrected chi connectivity index (χ1v) is 8.50. The minimum absolute atomic E-state index is 0.0670. The summed E-state index contributed by atoms with van der Waals surface area (Å²) in [4.78, 5) is 15.9. The summed E-state index contributed by atoms with van der Waals surface area (Å²) in [5.74, 6) is 0.203. The Morgan fingerprint density at radius 2 is 1.83 bits per heavy atom. The molecule has 0 unspecified atom stereocenters. The van der Waals surface area contributed by atoms with Gasteiger partial charge in [0.2, 0.25) is 0 Å². The summed E-state index contributed by atoms with van der Waals surface area (Å²) in [6.07, 6.45) is 0.211. The molecule has 6 heteroatoms. The highest BCUT2D eigenvalue weighted by molar-refractivity contribution is 7.92. The number of carbonyl (C=O) groups is 1. The van der Waals surface area contributed by atoms with Crippen LogP contribution >= 0.6 is 0 Å². The van der Waals surface area contributed by atoms with E-state index in [1.165, 1.54) is 12.1 Å². The summed E-state index contributed by atoms with van der Waals surface area (Å²) in [6.45, 7) is 7.04. The fraction of sp³-hybridized carbons (Fsp3) is 0.176. The summed E-state index contributed by atoms with van der Waals surface area (Å²) < 4.78 is 27.1. The van der Waals surface area contributed by atoms with E-state index in [0.717, 1.165) is 11.3 Å². The molecule has 120 valence electrons. The van der Waals surface area contributed by atoms with E-state index in [1.54, 1.807) is 44.2 Å². The van der Waals surface area contributed by atoms with Crippen molar-refractivity contribution >= 4 is 21.6 Å². The summed E-state index contributed by atoms with van der Waals surface area (Å²) in [5.41, 5.74) is 1.94. The molecule has 5 nitrogen and oxygen atoms in total. The second kappa shape index (κ2) is 6.75. The molecular formula is C17H18N2O3S. The number of carbonyl (C=O) groups excluding carboxylic acids is 1. The van der Waals surface area contributed by atoms with Crippen LogP contribution in [0.5, 0.6) is 0 Å². The van der Waals surface area contributed by atoms with Crippen LogP contribution < -0.4 is 4.72 Å². The quantitative estimate of drug-likeness (QED) is 0.826. The first-order valence-electron chi connectivity index (χ1n) is 7.02. The van der Waals surface area contributed by atoms with Gasteiger partial charge in [-0.25, -0.2) is 13.4 Å². The number of aryl methyl sites for hydroxylation is 1. The molecule has 23 heavy (non-hydrogen) atoms. The van der Waals surface area contributed by atoms with E-state index in [1.807, 2.05) is 0 Å². The number of hydrogen-bond acceptors (Lipinski definition) is 4. The van der Waals surface area contributed by atoms with Gasteiger partial charge in [0, 0.05) is 12.1 Å². The van der Waals surface area contributed by atoms with Crippen LogP contribution in [0.15, 0.2) is 59.5 Å². The minimum atomic E-state index is -3.71. The average Bonchev–Trinajstić information content (AvgIpc) is 2.47. The summed E-state index contributed by atoms with van der Waals surface area (Å²) >= 11 is 0. The van der Waals surface area contributed by atoms with Crippen molar-refractivity contribution in [2.75, 3.05) is 4.72 Å². The minimum Gasteiger partial charge on any atom is -0.294 e. The van der Waals surface area contributed by atoms with Crippen molar-refractivity contribution in [3.8, 4) is 0 Å². The molecule has 0 aliphatic heterocycles. The van der Waals surface area contributed by atoms with Gasteiger partial charge in [-0.05, 0) is 49.2 Å². The topological polar surface area (TPSA) is 76.1 Å². The van der Waals surface area contributed by atoms with E-state index in [9.17, 15) is 13.2 Å². The Balaban J connectivity index is 2.17. The summed E-state index contributed by atoms with van der Waals surface area (Å²) in [5, 5.41) is 0. The molecule has 0 saturated carbocycles. The molecule has 0 fully saturated rings. The monoisotopic (exact) mass is 330 g/mol. The lowest BCUT2D eigenvalue weighted by Crippen LogP contribution is -2.14. The van der Waals surface area contributed by atoms with Crippen molar-refractivity contribution in [3.63, 3.8) is 0 Å². The van der Waals surface area contributed by atoms with Gasteiger partial charge in [-0.15, -0.1) is 0 Å². The number of nitrogens with zero attached hydrogens (tertiary/aromatic N) is 1. The van der Waals surface area contributed by atoms with Crippen LogP contribution in [0, 0.1) is 6.92 Å². The van der Waals surface area contributed by atoms with Gasteiger partial charge >= 0.3 is 0 Å². The third kappa shape index (κ3) is 4.50. The molecule has 0 bridgehead atoms. The third-order valence-electron chi connectivity index (χ3n) is 3.20. The van der Waals surface area contributed by atoms with Crippen molar-refractivity contribution < 1.29 is 13.2 Å². The molecule has 1 aromatic carbocycles. The van der Waals surface area contributed by atoms with Crippen LogP contribution in [0.3, 0.4) is 0 Å². The highest BCUT2D eigenvalue weighted by atomic mass is 32.2. The molecule has 0 radical (unpaired) electrons. The average molecular weight is 330 g/mol. The maximum Gasteiger partial charge on any atom is 0.263 e. The fourth-order valence-electron chi connectivity index (χ4n) is 1.92. The van der Waals surface area contributed by atoms with Gasteiger partial charge in [0.25, 0.3) is 10.0 Å². The molecule has 0 spiro atoms. The molecule has 0 aliphatic carbocycles. The summed E-state index contributed by atoms with van der Waals surface area (Å²) in [6, 6.07) is 11.3. The Bertz CT molecular complexity index is 840. The number of sulfonamides is 1. The Kier molecular flexibility index (Phi) is 4.95. The van der Waals surface area contributed by atoms with E-state index in [4.69, 9.17) is 0 Å².